The second kappa shape index (κ2) is 6.59. The minimum Gasteiger partial charge on any atom is -0.370 e. The normalized spacial score (nSPS) is 26.2. The first-order valence-corrected chi connectivity index (χ1v) is 6.94. The van der Waals surface area contributed by atoms with E-state index in [1.165, 1.54) is 31.2 Å². The molecule has 0 amide bonds. The Bertz CT molecular complexity index is 428. The number of guanidine groups is 1. The molecule has 0 aromatic heterocycles. The molecule has 104 valence electrons. The van der Waals surface area contributed by atoms with Crippen molar-refractivity contribution in [1.82, 2.24) is 5.32 Å². The lowest BCUT2D eigenvalue weighted by Gasteiger charge is -2.23. The number of aliphatic imine (C=N–C) groups is 1. The number of nitrogens with one attached hydrogen (secondary N) is 1. The van der Waals surface area contributed by atoms with Crippen molar-refractivity contribution < 1.29 is 0 Å². The summed E-state index contributed by atoms with van der Waals surface area (Å²) < 4.78 is 0. The molecule has 2 saturated carbocycles. The van der Waals surface area contributed by atoms with Crippen molar-refractivity contribution in [2.75, 3.05) is 6.54 Å². The van der Waals surface area contributed by atoms with E-state index in [-0.39, 0.29) is 24.0 Å². The van der Waals surface area contributed by atoms with Gasteiger partial charge in [-0.2, -0.15) is 0 Å². The first-order valence-electron chi connectivity index (χ1n) is 6.94. The van der Waals surface area contributed by atoms with Gasteiger partial charge in [-0.1, -0.05) is 36.8 Å². The summed E-state index contributed by atoms with van der Waals surface area (Å²) in [7, 11) is 0. The SMILES string of the molecule is I.NC(=NCC1CCC1)NC1CC1c1ccccc1. The average molecular weight is 371 g/mol. The van der Waals surface area contributed by atoms with Gasteiger partial charge < -0.3 is 11.1 Å². The highest BCUT2D eigenvalue weighted by Crippen LogP contribution is 2.40. The predicted molar refractivity (Wildman–Crippen MR) is 90.0 cm³/mol. The van der Waals surface area contributed by atoms with Crippen molar-refractivity contribution in [1.29, 1.82) is 0 Å². The highest BCUT2D eigenvalue weighted by molar-refractivity contribution is 14.0. The smallest absolute Gasteiger partial charge is 0.188 e. The van der Waals surface area contributed by atoms with Gasteiger partial charge in [0, 0.05) is 18.5 Å². The summed E-state index contributed by atoms with van der Waals surface area (Å²) in [5, 5.41) is 3.33. The van der Waals surface area contributed by atoms with Crippen LogP contribution in [-0.2, 0) is 0 Å². The Morgan fingerprint density at radius 2 is 2.00 bits per heavy atom. The lowest BCUT2D eigenvalue weighted by Crippen LogP contribution is -2.35. The molecule has 0 saturated heterocycles. The molecule has 4 heteroatoms. The molecule has 0 bridgehead atoms. The van der Waals surface area contributed by atoms with E-state index in [2.05, 4.69) is 40.6 Å². The summed E-state index contributed by atoms with van der Waals surface area (Å²) >= 11 is 0. The van der Waals surface area contributed by atoms with E-state index in [4.69, 9.17) is 5.73 Å². The number of hydrogen-bond donors (Lipinski definition) is 2. The molecule has 1 aromatic carbocycles. The Morgan fingerprint density at radius 3 is 2.63 bits per heavy atom. The van der Waals surface area contributed by atoms with Crippen LogP contribution in [0.3, 0.4) is 0 Å². The zero-order valence-electron chi connectivity index (χ0n) is 11.1. The number of hydrogen-bond acceptors (Lipinski definition) is 1. The van der Waals surface area contributed by atoms with Crippen LogP contribution >= 0.6 is 24.0 Å². The van der Waals surface area contributed by atoms with Crippen molar-refractivity contribution >= 4 is 29.9 Å². The molecule has 2 unspecified atom stereocenters. The van der Waals surface area contributed by atoms with Gasteiger partial charge in [-0.3, -0.25) is 4.99 Å². The maximum absolute atomic E-state index is 5.92. The monoisotopic (exact) mass is 371 g/mol. The molecule has 3 nitrogen and oxygen atoms in total. The van der Waals surface area contributed by atoms with Crippen LogP contribution in [0.25, 0.3) is 0 Å². The fourth-order valence-electron chi connectivity index (χ4n) is 2.56. The summed E-state index contributed by atoms with van der Waals surface area (Å²) in [6.07, 6.45) is 5.19. The third-order valence-corrected chi connectivity index (χ3v) is 4.10. The summed E-state index contributed by atoms with van der Waals surface area (Å²) in [5.74, 6) is 2.03. The van der Waals surface area contributed by atoms with E-state index >= 15 is 0 Å². The van der Waals surface area contributed by atoms with E-state index in [9.17, 15) is 0 Å². The molecule has 0 radical (unpaired) electrons. The molecule has 1 aromatic rings. The Kier molecular flexibility index (Phi) is 5.07. The van der Waals surface area contributed by atoms with Gasteiger partial charge in [-0.05, 0) is 30.7 Å². The topological polar surface area (TPSA) is 50.4 Å². The van der Waals surface area contributed by atoms with E-state index in [1.807, 2.05) is 0 Å². The lowest BCUT2D eigenvalue weighted by molar-refractivity contribution is 0.326. The molecule has 2 atom stereocenters. The Morgan fingerprint density at radius 1 is 1.26 bits per heavy atom. The Balaban J connectivity index is 0.00000133. The number of benzene rings is 1. The molecule has 3 rings (SSSR count). The summed E-state index contributed by atoms with van der Waals surface area (Å²) in [6.45, 7) is 0.904. The van der Waals surface area contributed by atoms with Crippen molar-refractivity contribution in [3.8, 4) is 0 Å². The zero-order valence-corrected chi connectivity index (χ0v) is 13.4. The Labute approximate surface area is 132 Å². The average Bonchev–Trinajstić information content (AvgIpc) is 3.07. The van der Waals surface area contributed by atoms with Gasteiger partial charge in [-0.25, -0.2) is 0 Å². The van der Waals surface area contributed by atoms with Gasteiger partial charge in [-0.15, -0.1) is 24.0 Å². The lowest BCUT2D eigenvalue weighted by atomic mass is 9.86. The van der Waals surface area contributed by atoms with Crippen LogP contribution in [-0.4, -0.2) is 18.5 Å². The quantitative estimate of drug-likeness (QED) is 0.486. The number of nitrogens with zero attached hydrogens (tertiary/aromatic N) is 1. The summed E-state index contributed by atoms with van der Waals surface area (Å²) in [5.41, 5.74) is 7.33. The number of rotatable bonds is 4. The number of nitrogens with two attached hydrogens (primary N) is 1. The first-order chi connectivity index (χ1) is 8.83. The van der Waals surface area contributed by atoms with E-state index in [1.54, 1.807) is 0 Å². The molecule has 0 aliphatic heterocycles. The van der Waals surface area contributed by atoms with E-state index in [0.717, 1.165) is 12.5 Å². The molecule has 19 heavy (non-hydrogen) atoms. The molecule has 2 aliphatic rings. The maximum Gasteiger partial charge on any atom is 0.188 e. The van der Waals surface area contributed by atoms with Crippen molar-refractivity contribution in [2.45, 2.75) is 37.6 Å². The second-order valence-electron chi connectivity index (χ2n) is 5.53. The van der Waals surface area contributed by atoms with Crippen LogP contribution in [0.2, 0.25) is 0 Å². The highest BCUT2D eigenvalue weighted by atomic mass is 127. The van der Waals surface area contributed by atoms with Gasteiger partial charge >= 0.3 is 0 Å². The summed E-state index contributed by atoms with van der Waals surface area (Å²) in [4.78, 5) is 4.44. The van der Waals surface area contributed by atoms with Gasteiger partial charge in [0.05, 0.1) is 0 Å². The van der Waals surface area contributed by atoms with Gasteiger partial charge in [0.25, 0.3) is 0 Å². The fourth-order valence-corrected chi connectivity index (χ4v) is 2.56. The minimum atomic E-state index is 0. The molecule has 2 aliphatic carbocycles. The maximum atomic E-state index is 5.92. The predicted octanol–water partition coefficient (Wildman–Crippen LogP) is 2.86. The first kappa shape index (κ1) is 14.6. The van der Waals surface area contributed by atoms with Gasteiger partial charge in [0.1, 0.15) is 0 Å². The molecular formula is C15H22IN3. The van der Waals surface area contributed by atoms with Crippen molar-refractivity contribution in [3.63, 3.8) is 0 Å². The Hall–Kier alpha value is -0.780. The molecule has 2 fully saturated rings. The fraction of sp³-hybridized carbons (Fsp3) is 0.533. The third-order valence-electron chi connectivity index (χ3n) is 4.10. The van der Waals surface area contributed by atoms with Crippen molar-refractivity contribution in [3.05, 3.63) is 35.9 Å². The van der Waals surface area contributed by atoms with Crippen LogP contribution in [0.1, 0.15) is 37.2 Å². The van der Waals surface area contributed by atoms with E-state index < -0.39 is 0 Å². The molecule has 0 spiro atoms. The van der Waals surface area contributed by atoms with Crippen LogP contribution in [0, 0.1) is 5.92 Å². The standard InChI is InChI=1S/C15H21N3.HI/c16-15(17-10-11-5-4-6-11)18-14-9-13(14)12-7-2-1-3-8-12;/h1-3,7-8,11,13-14H,4-6,9-10H2,(H3,16,17,18);1H. The van der Waals surface area contributed by atoms with Crippen LogP contribution in [0.5, 0.6) is 0 Å². The number of halogens is 1. The zero-order chi connectivity index (χ0) is 12.4. The largest absolute Gasteiger partial charge is 0.370 e. The van der Waals surface area contributed by atoms with Gasteiger partial charge in [0.15, 0.2) is 5.96 Å². The molecule has 0 heterocycles. The van der Waals surface area contributed by atoms with Crippen LogP contribution < -0.4 is 11.1 Å². The molecule has 3 N–H and O–H groups in total. The summed E-state index contributed by atoms with van der Waals surface area (Å²) in [6, 6.07) is 11.1. The van der Waals surface area contributed by atoms with Gasteiger partial charge in [0.2, 0.25) is 0 Å². The highest BCUT2D eigenvalue weighted by Gasteiger charge is 2.38. The third kappa shape index (κ3) is 3.84. The van der Waals surface area contributed by atoms with Crippen LogP contribution in [0.15, 0.2) is 35.3 Å². The molecular weight excluding hydrogens is 349 g/mol. The second-order valence-corrected chi connectivity index (χ2v) is 5.53. The van der Waals surface area contributed by atoms with E-state index in [0.29, 0.717) is 17.9 Å². The van der Waals surface area contributed by atoms with Crippen LogP contribution in [0.4, 0.5) is 0 Å². The minimum absolute atomic E-state index is 0. The van der Waals surface area contributed by atoms with Crippen molar-refractivity contribution in [2.24, 2.45) is 16.6 Å².